The molecule has 1 N–H and O–H groups in total. The molecule has 1 aliphatic rings. The standard InChI is InChI=1S/C7H9N7O2/c1-3-15-4-2-14(1)7-5(10-16-11-7)6-8-12-13-9-6/h1-4H2,(H,8,9,12,13). The summed E-state index contributed by atoms with van der Waals surface area (Å²) in [5.41, 5.74) is 0.496. The zero-order valence-corrected chi connectivity index (χ0v) is 8.33. The quantitative estimate of drug-likeness (QED) is 0.697. The molecule has 84 valence electrons. The highest BCUT2D eigenvalue weighted by Crippen LogP contribution is 2.24. The number of hydrogen-bond donors (Lipinski definition) is 1. The van der Waals surface area contributed by atoms with E-state index in [1.807, 2.05) is 4.90 Å². The third-order valence-electron chi connectivity index (χ3n) is 2.34. The molecule has 0 radical (unpaired) electrons. The van der Waals surface area contributed by atoms with E-state index in [0.29, 0.717) is 30.5 Å². The van der Waals surface area contributed by atoms with E-state index in [1.165, 1.54) is 0 Å². The highest BCUT2D eigenvalue weighted by molar-refractivity contribution is 5.65. The average molecular weight is 223 g/mol. The van der Waals surface area contributed by atoms with E-state index in [4.69, 9.17) is 9.37 Å². The van der Waals surface area contributed by atoms with Crippen molar-refractivity contribution in [2.45, 2.75) is 0 Å². The summed E-state index contributed by atoms with van der Waals surface area (Å²) in [6.07, 6.45) is 0. The maximum absolute atomic E-state index is 5.26. The van der Waals surface area contributed by atoms with Crippen molar-refractivity contribution in [1.82, 2.24) is 30.9 Å². The fourth-order valence-corrected chi connectivity index (χ4v) is 1.57. The predicted octanol–water partition coefficient (Wildman–Crippen LogP) is -0.914. The Morgan fingerprint density at radius 1 is 1.19 bits per heavy atom. The number of ether oxygens (including phenoxy) is 1. The first-order valence-corrected chi connectivity index (χ1v) is 4.84. The van der Waals surface area contributed by atoms with Crippen molar-refractivity contribution in [3.8, 4) is 11.5 Å². The second-order valence-electron chi connectivity index (χ2n) is 3.27. The van der Waals surface area contributed by atoms with Crippen molar-refractivity contribution >= 4 is 5.82 Å². The molecule has 3 rings (SSSR count). The number of hydrogen-bond acceptors (Lipinski definition) is 8. The Morgan fingerprint density at radius 3 is 2.81 bits per heavy atom. The highest BCUT2D eigenvalue weighted by Gasteiger charge is 2.23. The van der Waals surface area contributed by atoms with Gasteiger partial charge in [0.1, 0.15) is 0 Å². The second-order valence-corrected chi connectivity index (χ2v) is 3.27. The number of morpholine rings is 1. The molecule has 2 aromatic heterocycles. The first-order valence-electron chi connectivity index (χ1n) is 4.84. The molecule has 0 spiro atoms. The number of nitrogens with one attached hydrogen (secondary N) is 1. The third-order valence-corrected chi connectivity index (χ3v) is 2.34. The van der Waals surface area contributed by atoms with Crippen molar-refractivity contribution in [3.05, 3.63) is 0 Å². The van der Waals surface area contributed by atoms with Crippen LogP contribution in [-0.2, 0) is 4.74 Å². The predicted molar refractivity (Wildman–Crippen MR) is 50.5 cm³/mol. The Labute approximate surface area is 89.7 Å². The van der Waals surface area contributed by atoms with E-state index < -0.39 is 0 Å². The fraction of sp³-hybridized carbons (Fsp3) is 0.571. The van der Waals surface area contributed by atoms with Gasteiger partial charge in [-0.2, -0.15) is 5.21 Å². The second kappa shape index (κ2) is 3.85. The molecular formula is C7H9N7O2. The van der Waals surface area contributed by atoms with Crippen LogP contribution in [-0.4, -0.2) is 57.2 Å². The van der Waals surface area contributed by atoms with Crippen molar-refractivity contribution in [2.75, 3.05) is 31.2 Å². The van der Waals surface area contributed by atoms with Crippen molar-refractivity contribution in [2.24, 2.45) is 0 Å². The number of aromatic nitrogens is 6. The zero-order valence-electron chi connectivity index (χ0n) is 8.33. The van der Waals surface area contributed by atoms with Crippen LogP contribution in [0.5, 0.6) is 0 Å². The van der Waals surface area contributed by atoms with Crippen LogP contribution in [0, 0.1) is 0 Å². The van der Waals surface area contributed by atoms with Crippen LogP contribution in [0.3, 0.4) is 0 Å². The molecule has 1 aliphatic heterocycles. The molecule has 9 nitrogen and oxygen atoms in total. The van der Waals surface area contributed by atoms with Crippen LogP contribution < -0.4 is 4.90 Å². The van der Waals surface area contributed by atoms with Gasteiger partial charge in [0.05, 0.1) is 13.2 Å². The molecule has 0 unspecified atom stereocenters. The van der Waals surface area contributed by atoms with E-state index in [-0.39, 0.29) is 0 Å². The molecule has 2 aromatic rings. The van der Waals surface area contributed by atoms with Gasteiger partial charge in [-0.15, -0.1) is 10.2 Å². The van der Waals surface area contributed by atoms with Crippen molar-refractivity contribution in [3.63, 3.8) is 0 Å². The molecule has 1 fully saturated rings. The summed E-state index contributed by atoms with van der Waals surface area (Å²) >= 11 is 0. The number of nitrogens with zero attached hydrogens (tertiary/aromatic N) is 6. The SMILES string of the molecule is C1CN(c2nonc2-c2nn[nH]n2)CCO1. The Hall–Kier alpha value is -2.03. The summed E-state index contributed by atoms with van der Waals surface area (Å²) in [7, 11) is 0. The molecular weight excluding hydrogens is 214 g/mol. The minimum absolute atomic E-state index is 0.378. The molecule has 3 heterocycles. The minimum Gasteiger partial charge on any atom is -0.378 e. The fourth-order valence-electron chi connectivity index (χ4n) is 1.57. The van der Waals surface area contributed by atoms with E-state index in [1.54, 1.807) is 0 Å². The Bertz CT molecular complexity index is 447. The lowest BCUT2D eigenvalue weighted by atomic mass is 10.3. The lowest BCUT2D eigenvalue weighted by molar-refractivity contribution is 0.122. The molecule has 0 atom stereocenters. The van der Waals surface area contributed by atoms with Gasteiger partial charge < -0.3 is 9.64 Å². The Morgan fingerprint density at radius 2 is 2.06 bits per heavy atom. The van der Waals surface area contributed by atoms with Crippen LogP contribution in [0.15, 0.2) is 4.63 Å². The third kappa shape index (κ3) is 1.50. The molecule has 0 amide bonds. The Kier molecular flexibility index (Phi) is 2.22. The molecule has 16 heavy (non-hydrogen) atoms. The summed E-state index contributed by atoms with van der Waals surface area (Å²) < 4.78 is 9.98. The van der Waals surface area contributed by atoms with E-state index >= 15 is 0 Å². The lowest BCUT2D eigenvalue weighted by Gasteiger charge is -2.26. The normalized spacial score (nSPS) is 16.6. The summed E-state index contributed by atoms with van der Waals surface area (Å²) in [6, 6.07) is 0. The average Bonchev–Trinajstić information content (AvgIpc) is 3.01. The molecule has 0 saturated carbocycles. The maximum atomic E-state index is 5.26. The highest BCUT2D eigenvalue weighted by atomic mass is 16.6. The van der Waals surface area contributed by atoms with Crippen molar-refractivity contribution in [1.29, 1.82) is 0 Å². The van der Waals surface area contributed by atoms with E-state index in [9.17, 15) is 0 Å². The molecule has 0 aliphatic carbocycles. The van der Waals surface area contributed by atoms with Crippen molar-refractivity contribution < 1.29 is 9.37 Å². The molecule has 0 aromatic carbocycles. The number of tetrazole rings is 1. The van der Waals surface area contributed by atoms with Crippen LogP contribution in [0.1, 0.15) is 0 Å². The monoisotopic (exact) mass is 223 g/mol. The van der Waals surface area contributed by atoms with Crippen LogP contribution in [0.2, 0.25) is 0 Å². The largest absolute Gasteiger partial charge is 0.378 e. The number of anilines is 1. The van der Waals surface area contributed by atoms with Gasteiger partial charge in [-0.25, -0.2) is 4.63 Å². The summed E-state index contributed by atoms with van der Waals surface area (Å²) in [4.78, 5) is 2.02. The van der Waals surface area contributed by atoms with E-state index in [0.717, 1.165) is 13.1 Å². The number of aromatic amines is 1. The zero-order chi connectivity index (χ0) is 10.8. The van der Waals surface area contributed by atoms with Gasteiger partial charge in [-0.05, 0) is 15.5 Å². The smallest absolute Gasteiger partial charge is 0.230 e. The minimum atomic E-state index is 0.378. The molecule has 0 bridgehead atoms. The number of rotatable bonds is 2. The Balaban J connectivity index is 1.92. The van der Waals surface area contributed by atoms with Gasteiger partial charge in [-0.1, -0.05) is 0 Å². The van der Waals surface area contributed by atoms with Gasteiger partial charge in [0, 0.05) is 13.1 Å². The van der Waals surface area contributed by atoms with Gasteiger partial charge >= 0.3 is 0 Å². The lowest BCUT2D eigenvalue weighted by Crippen LogP contribution is -2.36. The molecule has 9 heteroatoms. The van der Waals surface area contributed by atoms with E-state index in [2.05, 4.69) is 30.9 Å². The summed E-state index contributed by atoms with van der Waals surface area (Å²) in [5, 5.41) is 21.2. The van der Waals surface area contributed by atoms with Crippen LogP contribution in [0.4, 0.5) is 5.82 Å². The van der Waals surface area contributed by atoms with Gasteiger partial charge in [0.2, 0.25) is 11.6 Å². The summed E-state index contributed by atoms with van der Waals surface area (Å²) in [5.74, 6) is 1.01. The number of H-pyrrole nitrogens is 1. The topological polar surface area (TPSA) is 106 Å². The molecule has 1 saturated heterocycles. The van der Waals surface area contributed by atoms with Crippen LogP contribution in [0.25, 0.3) is 11.5 Å². The maximum Gasteiger partial charge on any atom is 0.230 e. The van der Waals surface area contributed by atoms with Gasteiger partial charge in [0.25, 0.3) is 0 Å². The van der Waals surface area contributed by atoms with Crippen LogP contribution >= 0.6 is 0 Å². The first kappa shape index (κ1) is 9.21. The van der Waals surface area contributed by atoms with Gasteiger partial charge in [-0.3, -0.25) is 0 Å². The summed E-state index contributed by atoms with van der Waals surface area (Å²) in [6.45, 7) is 2.83. The first-order chi connectivity index (χ1) is 7.95. The van der Waals surface area contributed by atoms with Gasteiger partial charge in [0.15, 0.2) is 5.69 Å².